The number of hydrogen-bond acceptors (Lipinski definition) is 5. The number of nitrogens with one attached hydrogen (secondary N) is 4. The Morgan fingerprint density at radius 3 is 2.91 bits per heavy atom. The standard InChI is InChI=1S/C15H16N6O2/c1-9-8-12(22)19-15(18-9)17-7-6-16-14(23)13-10-4-2-3-5-11(10)20-21-13/h2-5,8H,6-7H2,1H3,(H,16,23)(H,20,21)(H2,17,18,19,22). The second kappa shape index (κ2) is 6.30. The van der Waals surface area contributed by atoms with Crippen LogP contribution in [0.2, 0.25) is 0 Å². The number of carbonyl (C=O) groups excluding carboxylic acids is 1. The quantitative estimate of drug-likeness (QED) is 0.520. The van der Waals surface area contributed by atoms with Gasteiger partial charge in [0.25, 0.3) is 11.5 Å². The molecule has 118 valence electrons. The van der Waals surface area contributed by atoms with E-state index in [4.69, 9.17) is 0 Å². The molecule has 0 radical (unpaired) electrons. The second-order valence-corrected chi connectivity index (χ2v) is 5.04. The summed E-state index contributed by atoms with van der Waals surface area (Å²) in [5, 5.41) is 13.4. The number of aromatic nitrogens is 4. The van der Waals surface area contributed by atoms with Crippen molar-refractivity contribution >= 4 is 22.8 Å². The fourth-order valence-electron chi connectivity index (χ4n) is 2.24. The van der Waals surface area contributed by atoms with Gasteiger partial charge in [-0.1, -0.05) is 18.2 Å². The van der Waals surface area contributed by atoms with Crippen molar-refractivity contribution in [1.82, 2.24) is 25.5 Å². The molecule has 2 aromatic heterocycles. The number of para-hydroxylation sites is 1. The molecule has 0 atom stereocenters. The Bertz CT molecular complexity index is 898. The van der Waals surface area contributed by atoms with Crippen molar-refractivity contribution in [1.29, 1.82) is 0 Å². The fraction of sp³-hybridized carbons (Fsp3) is 0.200. The summed E-state index contributed by atoms with van der Waals surface area (Å²) >= 11 is 0. The van der Waals surface area contributed by atoms with Crippen LogP contribution in [-0.2, 0) is 0 Å². The molecule has 0 aliphatic rings. The summed E-state index contributed by atoms with van der Waals surface area (Å²) in [6, 6.07) is 8.85. The first-order chi connectivity index (χ1) is 11.1. The van der Waals surface area contributed by atoms with Gasteiger partial charge in [0.05, 0.1) is 5.52 Å². The maximum atomic E-state index is 12.1. The minimum atomic E-state index is -0.255. The van der Waals surface area contributed by atoms with Crippen LogP contribution in [0.25, 0.3) is 10.9 Å². The van der Waals surface area contributed by atoms with Crippen molar-refractivity contribution in [3.8, 4) is 0 Å². The number of amides is 1. The smallest absolute Gasteiger partial charge is 0.272 e. The van der Waals surface area contributed by atoms with Crippen molar-refractivity contribution in [3.63, 3.8) is 0 Å². The number of nitrogens with zero attached hydrogens (tertiary/aromatic N) is 2. The van der Waals surface area contributed by atoms with Gasteiger partial charge in [-0.15, -0.1) is 0 Å². The van der Waals surface area contributed by atoms with E-state index in [-0.39, 0.29) is 11.5 Å². The molecule has 3 aromatic rings. The maximum Gasteiger partial charge on any atom is 0.272 e. The van der Waals surface area contributed by atoms with Crippen LogP contribution >= 0.6 is 0 Å². The first-order valence-corrected chi connectivity index (χ1v) is 7.16. The third-order valence-corrected chi connectivity index (χ3v) is 3.26. The molecule has 8 heteroatoms. The Labute approximate surface area is 131 Å². The lowest BCUT2D eigenvalue weighted by molar-refractivity contribution is 0.0951. The minimum Gasteiger partial charge on any atom is -0.354 e. The van der Waals surface area contributed by atoms with E-state index in [2.05, 4.69) is 30.8 Å². The Hall–Kier alpha value is -3.16. The molecule has 0 unspecified atom stereocenters. The summed E-state index contributed by atoms with van der Waals surface area (Å²) in [6.45, 7) is 2.54. The normalized spacial score (nSPS) is 10.7. The molecule has 0 saturated carbocycles. The Kier molecular flexibility index (Phi) is 4.05. The van der Waals surface area contributed by atoms with Gasteiger partial charge in [0.1, 0.15) is 0 Å². The van der Waals surface area contributed by atoms with Gasteiger partial charge < -0.3 is 10.6 Å². The molecule has 4 N–H and O–H groups in total. The number of benzene rings is 1. The van der Waals surface area contributed by atoms with Crippen LogP contribution < -0.4 is 16.2 Å². The van der Waals surface area contributed by atoms with Gasteiger partial charge in [-0.2, -0.15) is 5.10 Å². The van der Waals surface area contributed by atoms with Gasteiger partial charge in [-0.3, -0.25) is 19.7 Å². The summed E-state index contributed by atoms with van der Waals surface area (Å²) in [4.78, 5) is 30.2. The van der Waals surface area contributed by atoms with E-state index in [9.17, 15) is 9.59 Å². The zero-order valence-corrected chi connectivity index (χ0v) is 12.5. The molecule has 0 aliphatic carbocycles. The molecule has 1 amide bonds. The van der Waals surface area contributed by atoms with E-state index < -0.39 is 0 Å². The summed E-state index contributed by atoms with van der Waals surface area (Å²) in [6.07, 6.45) is 0. The summed E-state index contributed by atoms with van der Waals surface area (Å²) < 4.78 is 0. The number of H-pyrrole nitrogens is 2. The highest BCUT2D eigenvalue weighted by Crippen LogP contribution is 2.14. The predicted octanol–water partition coefficient (Wildman–Crippen LogP) is 0.797. The van der Waals surface area contributed by atoms with Gasteiger partial charge in [0.2, 0.25) is 5.95 Å². The van der Waals surface area contributed by atoms with Crippen LogP contribution in [0, 0.1) is 6.92 Å². The number of rotatable bonds is 5. The first-order valence-electron chi connectivity index (χ1n) is 7.16. The fourth-order valence-corrected chi connectivity index (χ4v) is 2.24. The molecule has 0 bridgehead atoms. The molecule has 0 saturated heterocycles. The molecule has 2 heterocycles. The number of aromatic amines is 2. The summed E-state index contributed by atoms with van der Waals surface area (Å²) in [5.41, 5.74) is 1.59. The van der Waals surface area contributed by atoms with E-state index in [0.717, 1.165) is 10.9 Å². The maximum absolute atomic E-state index is 12.1. The number of hydrogen-bond donors (Lipinski definition) is 4. The van der Waals surface area contributed by atoms with Crippen LogP contribution in [0.15, 0.2) is 35.1 Å². The van der Waals surface area contributed by atoms with E-state index in [0.29, 0.717) is 30.4 Å². The number of aryl methyl sites for hydroxylation is 1. The lowest BCUT2D eigenvalue weighted by Crippen LogP contribution is -2.29. The van der Waals surface area contributed by atoms with Gasteiger partial charge in [-0.05, 0) is 13.0 Å². The Morgan fingerprint density at radius 1 is 1.26 bits per heavy atom. The minimum absolute atomic E-state index is 0.216. The third kappa shape index (κ3) is 3.37. The van der Waals surface area contributed by atoms with Gasteiger partial charge >= 0.3 is 0 Å². The Morgan fingerprint density at radius 2 is 2.09 bits per heavy atom. The van der Waals surface area contributed by atoms with Crippen LogP contribution in [0.4, 0.5) is 5.95 Å². The summed E-state index contributed by atoms with van der Waals surface area (Å²) in [5.74, 6) is 0.129. The van der Waals surface area contributed by atoms with Gasteiger partial charge in [0.15, 0.2) is 5.69 Å². The predicted molar refractivity (Wildman–Crippen MR) is 86.5 cm³/mol. The molecule has 0 aliphatic heterocycles. The average Bonchev–Trinajstić information content (AvgIpc) is 2.94. The Balaban J connectivity index is 1.56. The highest BCUT2D eigenvalue weighted by Gasteiger charge is 2.12. The first kappa shape index (κ1) is 14.8. The molecular formula is C15H16N6O2. The van der Waals surface area contributed by atoms with E-state index in [1.165, 1.54) is 6.07 Å². The molecule has 23 heavy (non-hydrogen) atoms. The molecule has 0 fully saturated rings. The van der Waals surface area contributed by atoms with Crippen molar-refractivity contribution in [2.45, 2.75) is 6.92 Å². The third-order valence-electron chi connectivity index (χ3n) is 3.26. The number of carbonyl (C=O) groups is 1. The average molecular weight is 312 g/mol. The van der Waals surface area contributed by atoms with Gasteiger partial charge in [-0.25, -0.2) is 4.98 Å². The molecule has 1 aromatic carbocycles. The van der Waals surface area contributed by atoms with Gasteiger partial charge in [0, 0.05) is 30.2 Å². The van der Waals surface area contributed by atoms with Crippen LogP contribution in [-0.4, -0.2) is 39.2 Å². The highest BCUT2D eigenvalue weighted by atomic mass is 16.2. The molecule has 0 spiro atoms. The topological polar surface area (TPSA) is 116 Å². The lowest BCUT2D eigenvalue weighted by atomic mass is 10.2. The zero-order valence-electron chi connectivity index (χ0n) is 12.5. The van der Waals surface area contributed by atoms with Crippen molar-refractivity contribution < 1.29 is 4.79 Å². The van der Waals surface area contributed by atoms with Crippen LogP contribution in [0.5, 0.6) is 0 Å². The second-order valence-electron chi connectivity index (χ2n) is 5.04. The van der Waals surface area contributed by atoms with Crippen LogP contribution in [0.1, 0.15) is 16.2 Å². The number of fused-ring (bicyclic) bond motifs is 1. The SMILES string of the molecule is Cc1cc(=O)[nH]c(NCCNC(=O)c2n[nH]c3ccccc23)n1. The highest BCUT2D eigenvalue weighted by molar-refractivity contribution is 6.04. The van der Waals surface area contributed by atoms with Crippen molar-refractivity contribution in [3.05, 3.63) is 52.1 Å². The van der Waals surface area contributed by atoms with E-state index >= 15 is 0 Å². The van der Waals surface area contributed by atoms with Crippen molar-refractivity contribution in [2.24, 2.45) is 0 Å². The monoisotopic (exact) mass is 312 g/mol. The lowest BCUT2D eigenvalue weighted by Gasteiger charge is -2.06. The number of anilines is 1. The molecular weight excluding hydrogens is 296 g/mol. The van der Waals surface area contributed by atoms with Crippen molar-refractivity contribution in [2.75, 3.05) is 18.4 Å². The van der Waals surface area contributed by atoms with E-state index in [1.807, 2.05) is 24.3 Å². The largest absolute Gasteiger partial charge is 0.354 e. The summed E-state index contributed by atoms with van der Waals surface area (Å²) in [7, 11) is 0. The van der Waals surface area contributed by atoms with E-state index in [1.54, 1.807) is 6.92 Å². The molecule has 8 nitrogen and oxygen atoms in total. The zero-order chi connectivity index (χ0) is 16.2. The molecule has 3 rings (SSSR count). The van der Waals surface area contributed by atoms with Crippen LogP contribution in [0.3, 0.4) is 0 Å².